The van der Waals surface area contributed by atoms with Crippen LogP contribution in [-0.2, 0) is 4.74 Å². The molecular weight excluding hydrogens is 277 g/mol. The van der Waals surface area contributed by atoms with Gasteiger partial charge in [0.05, 0.1) is 12.6 Å². The Balaban J connectivity index is 2.27. The molecule has 2 N–H and O–H groups in total. The zero-order valence-electron chi connectivity index (χ0n) is 12.0. The molecule has 6 heteroatoms. The van der Waals surface area contributed by atoms with Gasteiger partial charge in [-0.3, -0.25) is 4.79 Å². The average molecular weight is 295 g/mol. The average Bonchev–Trinajstić information content (AvgIpc) is 2.79. The molecule has 0 fully saturated rings. The summed E-state index contributed by atoms with van der Waals surface area (Å²) in [5, 5.41) is 12.3. The molecule has 0 aliphatic heterocycles. The fraction of sp³-hybridized carbons (Fsp3) is 0.400. The first-order chi connectivity index (χ1) is 10.1. The van der Waals surface area contributed by atoms with Crippen molar-refractivity contribution in [1.29, 1.82) is 0 Å². The molecule has 0 spiro atoms. The maximum absolute atomic E-state index is 13.7. The van der Waals surface area contributed by atoms with Crippen LogP contribution in [0.3, 0.4) is 0 Å². The van der Waals surface area contributed by atoms with Crippen molar-refractivity contribution >= 4 is 16.9 Å². The van der Waals surface area contributed by atoms with Gasteiger partial charge >= 0.3 is 0 Å². The van der Waals surface area contributed by atoms with Gasteiger partial charge in [-0.25, -0.2) is 4.39 Å². The SMILES string of the molecule is COCC(CCO)NC(=O)c1oc2c(F)cccc2c1C. The van der Waals surface area contributed by atoms with E-state index in [2.05, 4.69) is 5.32 Å². The number of hydrogen-bond acceptors (Lipinski definition) is 4. The topological polar surface area (TPSA) is 71.7 Å². The number of furan rings is 1. The minimum atomic E-state index is -0.501. The summed E-state index contributed by atoms with van der Waals surface area (Å²) in [6, 6.07) is 4.23. The van der Waals surface area contributed by atoms with E-state index in [-0.39, 0.29) is 30.6 Å². The lowest BCUT2D eigenvalue weighted by molar-refractivity contribution is 0.0853. The second kappa shape index (κ2) is 6.69. The van der Waals surface area contributed by atoms with Gasteiger partial charge in [0.1, 0.15) is 0 Å². The van der Waals surface area contributed by atoms with Crippen LogP contribution in [0, 0.1) is 12.7 Å². The number of amides is 1. The van der Waals surface area contributed by atoms with Crippen LogP contribution in [0.5, 0.6) is 0 Å². The molecule has 0 saturated heterocycles. The normalized spacial score (nSPS) is 12.6. The first-order valence-corrected chi connectivity index (χ1v) is 6.66. The molecule has 0 bridgehead atoms. The van der Waals surface area contributed by atoms with Gasteiger partial charge in [-0.2, -0.15) is 0 Å². The lowest BCUT2D eigenvalue weighted by atomic mass is 10.1. The number of fused-ring (bicyclic) bond motifs is 1. The molecule has 21 heavy (non-hydrogen) atoms. The summed E-state index contributed by atoms with van der Waals surface area (Å²) in [4.78, 5) is 12.2. The zero-order chi connectivity index (χ0) is 15.4. The van der Waals surface area contributed by atoms with Gasteiger partial charge in [0, 0.05) is 24.7 Å². The molecule has 1 unspecified atom stereocenters. The number of aliphatic hydroxyl groups is 1. The molecule has 1 aromatic carbocycles. The zero-order valence-corrected chi connectivity index (χ0v) is 12.0. The minimum absolute atomic E-state index is 0.0674. The number of aryl methyl sites for hydroxylation is 1. The Morgan fingerprint density at radius 1 is 1.52 bits per heavy atom. The van der Waals surface area contributed by atoms with E-state index in [0.717, 1.165) is 0 Å². The molecule has 0 aliphatic rings. The van der Waals surface area contributed by atoms with E-state index in [9.17, 15) is 9.18 Å². The van der Waals surface area contributed by atoms with Crippen molar-refractivity contribution in [2.24, 2.45) is 0 Å². The third-order valence-electron chi connectivity index (χ3n) is 3.30. The number of para-hydroxylation sites is 1. The van der Waals surface area contributed by atoms with Crippen molar-refractivity contribution in [2.45, 2.75) is 19.4 Å². The van der Waals surface area contributed by atoms with Crippen LogP contribution in [0.15, 0.2) is 22.6 Å². The van der Waals surface area contributed by atoms with E-state index < -0.39 is 11.7 Å². The Bertz CT molecular complexity index is 632. The van der Waals surface area contributed by atoms with Crippen LogP contribution < -0.4 is 5.32 Å². The first-order valence-electron chi connectivity index (χ1n) is 6.66. The summed E-state index contributed by atoms with van der Waals surface area (Å²) in [5.74, 6) is -0.869. The smallest absolute Gasteiger partial charge is 0.287 e. The molecule has 0 radical (unpaired) electrons. The van der Waals surface area contributed by atoms with Crippen molar-refractivity contribution in [3.05, 3.63) is 35.3 Å². The number of carbonyl (C=O) groups is 1. The van der Waals surface area contributed by atoms with Crippen molar-refractivity contribution in [2.75, 3.05) is 20.3 Å². The van der Waals surface area contributed by atoms with Crippen LogP contribution in [0.4, 0.5) is 4.39 Å². The maximum atomic E-state index is 13.7. The highest BCUT2D eigenvalue weighted by Crippen LogP contribution is 2.27. The van der Waals surface area contributed by atoms with Gasteiger partial charge in [0.25, 0.3) is 5.91 Å². The minimum Gasteiger partial charge on any atom is -0.448 e. The summed E-state index contributed by atoms with van der Waals surface area (Å²) < 4.78 is 24.0. The molecule has 0 aliphatic carbocycles. The molecule has 5 nitrogen and oxygen atoms in total. The molecule has 2 rings (SSSR count). The molecule has 1 atom stereocenters. The van der Waals surface area contributed by atoms with Gasteiger partial charge in [0.2, 0.25) is 0 Å². The monoisotopic (exact) mass is 295 g/mol. The number of halogens is 1. The highest BCUT2D eigenvalue weighted by Gasteiger charge is 2.21. The standard InChI is InChI=1S/C15H18FNO4/c1-9-11-4-3-5-12(16)14(11)21-13(9)15(19)17-10(6-7-18)8-20-2/h3-5,10,18H,6-8H2,1-2H3,(H,17,19). The maximum Gasteiger partial charge on any atom is 0.287 e. The quantitative estimate of drug-likeness (QED) is 0.855. The fourth-order valence-electron chi connectivity index (χ4n) is 2.23. The summed E-state index contributed by atoms with van der Waals surface area (Å²) in [5.41, 5.74) is 0.660. The Morgan fingerprint density at radius 3 is 2.90 bits per heavy atom. The van der Waals surface area contributed by atoms with E-state index in [4.69, 9.17) is 14.3 Å². The van der Waals surface area contributed by atoms with E-state index in [0.29, 0.717) is 17.4 Å². The van der Waals surface area contributed by atoms with E-state index in [1.165, 1.54) is 13.2 Å². The Labute approximate surface area is 121 Å². The second-order valence-corrected chi connectivity index (χ2v) is 4.81. The molecule has 114 valence electrons. The largest absolute Gasteiger partial charge is 0.448 e. The summed E-state index contributed by atoms with van der Waals surface area (Å²) >= 11 is 0. The van der Waals surface area contributed by atoms with Gasteiger partial charge in [0.15, 0.2) is 17.2 Å². The number of benzene rings is 1. The van der Waals surface area contributed by atoms with Crippen LogP contribution in [0.25, 0.3) is 11.0 Å². The number of carbonyl (C=O) groups excluding carboxylic acids is 1. The van der Waals surface area contributed by atoms with Crippen molar-refractivity contribution in [3.8, 4) is 0 Å². The Kier molecular flexibility index (Phi) is 4.93. The second-order valence-electron chi connectivity index (χ2n) is 4.81. The van der Waals surface area contributed by atoms with E-state index in [1.807, 2.05) is 0 Å². The lowest BCUT2D eigenvalue weighted by Gasteiger charge is -2.16. The van der Waals surface area contributed by atoms with Gasteiger partial charge in [-0.15, -0.1) is 0 Å². The van der Waals surface area contributed by atoms with Gasteiger partial charge in [-0.05, 0) is 19.4 Å². The van der Waals surface area contributed by atoms with Crippen molar-refractivity contribution in [3.63, 3.8) is 0 Å². The molecular formula is C15H18FNO4. The molecule has 1 aromatic heterocycles. The van der Waals surface area contributed by atoms with Gasteiger partial charge in [-0.1, -0.05) is 12.1 Å². The molecule has 0 saturated carbocycles. The number of methoxy groups -OCH3 is 1. The number of aliphatic hydroxyl groups excluding tert-OH is 1. The van der Waals surface area contributed by atoms with E-state index >= 15 is 0 Å². The highest BCUT2D eigenvalue weighted by atomic mass is 19.1. The molecule has 2 aromatic rings. The number of nitrogens with one attached hydrogen (secondary N) is 1. The molecule has 1 amide bonds. The number of hydrogen-bond donors (Lipinski definition) is 2. The van der Waals surface area contributed by atoms with E-state index in [1.54, 1.807) is 19.1 Å². The predicted molar refractivity (Wildman–Crippen MR) is 75.7 cm³/mol. The third kappa shape index (κ3) is 3.22. The van der Waals surface area contributed by atoms with Crippen LogP contribution in [0.1, 0.15) is 22.5 Å². The summed E-state index contributed by atoms with van der Waals surface area (Å²) in [7, 11) is 1.51. The Morgan fingerprint density at radius 2 is 2.29 bits per heavy atom. The highest BCUT2D eigenvalue weighted by molar-refractivity contribution is 5.99. The summed E-state index contributed by atoms with van der Waals surface area (Å²) in [6.07, 6.45) is 0.368. The molecule has 1 heterocycles. The van der Waals surface area contributed by atoms with Crippen molar-refractivity contribution in [1.82, 2.24) is 5.32 Å². The predicted octanol–water partition coefficient (Wildman–Crippen LogP) is 2.01. The first kappa shape index (κ1) is 15.5. The Hall–Kier alpha value is -1.92. The van der Waals surface area contributed by atoms with Crippen molar-refractivity contribution < 1.29 is 23.4 Å². The van der Waals surface area contributed by atoms with Crippen LogP contribution >= 0.6 is 0 Å². The number of rotatable bonds is 6. The number of ether oxygens (including phenoxy) is 1. The fourth-order valence-corrected chi connectivity index (χ4v) is 2.23. The lowest BCUT2D eigenvalue weighted by Crippen LogP contribution is -2.38. The van der Waals surface area contributed by atoms with Crippen LogP contribution in [0.2, 0.25) is 0 Å². The van der Waals surface area contributed by atoms with Crippen LogP contribution in [-0.4, -0.2) is 37.4 Å². The third-order valence-corrected chi connectivity index (χ3v) is 3.30. The summed E-state index contributed by atoms with van der Waals surface area (Å²) in [6.45, 7) is 1.92. The van der Waals surface area contributed by atoms with Gasteiger partial charge < -0.3 is 19.6 Å².